The Morgan fingerprint density at radius 1 is 1.12 bits per heavy atom. The van der Waals surface area contributed by atoms with Gasteiger partial charge in [0.25, 0.3) is 5.91 Å². The van der Waals surface area contributed by atoms with E-state index in [2.05, 4.69) is 15.3 Å². The first-order chi connectivity index (χ1) is 19.5. The lowest BCUT2D eigenvalue weighted by molar-refractivity contribution is -0.134. The highest BCUT2D eigenvalue weighted by Gasteiger charge is 2.40. The largest absolute Gasteiger partial charge is 0.502 e. The number of aliphatic imine (C=N–C) groups is 2. The first-order valence-corrected chi connectivity index (χ1v) is 13.3. The van der Waals surface area contributed by atoms with Crippen LogP contribution in [0.25, 0.3) is 6.08 Å². The Kier molecular flexibility index (Phi) is 10.6. The van der Waals surface area contributed by atoms with E-state index in [1.54, 1.807) is 42.5 Å². The van der Waals surface area contributed by atoms with Crippen molar-refractivity contribution in [2.75, 3.05) is 20.8 Å². The zero-order chi connectivity index (χ0) is 30.1. The van der Waals surface area contributed by atoms with Gasteiger partial charge in [-0.25, -0.2) is 4.99 Å². The molecule has 3 rings (SSSR count). The van der Waals surface area contributed by atoms with Gasteiger partial charge in [0.05, 0.1) is 24.8 Å². The Morgan fingerprint density at radius 3 is 2.32 bits per heavy atom. The normalized spacial score (nSPS) is 16.4. The molecule has 0 unspecified atom stereocenters. The Labute approximate surface area is 241 Å². The van der Waals surface area contributed by atoms with E-state index in [0.717, 1.165) is 11.8 Å². The molecule has 0 bridgehead atoms. The predicted octanol–water partition coefficient (Wildman–Crippen LogP) is 1.43. The molecule has 2 aromatic carbocycles. The maximum atomic E-state index is 13.7. The Bertz CT molecular complexity index is 1350. The van der Waals surface area contributed by atoms with Crippen LogP contribution in [0.4, 0.5) is 5.69 Å². The summed E-state index contributed by atoms with van der Waals surface area (Å²) in [7, 11) is 2.79. The standard InChI is InChI=1S/C27H33N7O6S/c1-15(24(37)33-18(23(28)36)10-7-11-31-26(29)30)34-25(38)21(41-27(34)32-17-8-5-4-6-9-17)14-16-12-19(39-2)22(35)20(13-16)40-3/h4-6,8-9,12-15,18,35H,7,10-11H2,1-3H3,(H2,28,36)(H,33,37)(H4,29,30,31)/b21-14-,32-27?/t15-,18+/m1/s1. The summed E-state index contributed by atoms with van der Waals surface area (Å²) in [6, 6.07) is 10.0. The van der Waals surface area contributed by atoms with E-state index in [4.69, 9.17) is 26.7 Å². The summed E-state index contributed by atoms with van der Waals surface area (Å²) in [4.78, 5) is 48.9. The highest BCUT2D eigenvalue weighted by molar-refractivity contribution is 8.18. The number of amides is 3. The van der Waals surface area contributed by atoms with E-state index < -0.39 is 29.8 Å². The number of methoxy groups -OCH3 is 2. The highest BCUT2D eigenvalue weighted by Crippen LogP contribution is 2.40. The molecule has 1 saturated heterocycles. The number of primary amides is 1. The van der Waals surface area contributed by atoms with Crippen molar-refractivity contribution in [3.05, 3.63) is 52.9 Å². The number of phenols is 1. The molecule has 13 nitrogen and oxygen atoms in total. The number of benzene rings is 2. The number of carbonyl (C=O) groups excluding carboxylic acids is 3. The third kappa shape index (κ3) is 7.91. The Hall–Kier alpha value is -4.72. The molecule has 3 amide bonds. The monoisotopic (exact) mass is 583 g/mol. The lowest BCUT2D eigenvalue weighted by Gasteiger charge is -2.25. The van der Waals surface area contributed by atoms with Crippen molar-refractivity contribution in [2.45, 2.75) is 31.8 Å². The molecular weight excluding hydrogens is 550 g/mol. The molecule has 0 aromatic heterocycles. The van der Waals surface area contributed by atoms with Crippen LogP contribution >= 0.6 is 11.8 Å². The van der Waals surface area contributed by atoms with Crippen molar-refractivity contribution in [3.63, 3.8) is 0 Å². The van der Waals surface area contributed by atoms with Gasteiger partial charge in [0.15, 0.2) is 22.6 Å². The number of hydrogen-bond acceptors (Lipinski definition) is 9. The lowest BCUT2D eigenvalue weighted by atomic mass is 10.1. The summed E-state index contributed by atoms with van der Waals surface area (Å²) in [6.45, 7) is 1.79. The number of amidine groups is 1. The Balaban J connectivity index is 1.92. The van der Waals surface area contributed by atoms with Crippen LogP contribution in [-0.4, -0.2) is 71.7 Å². The van der Waals surface area contributed by atoms with Gasteiger partial charge in [0.1, 0.15) is 12.1 Å². The fourth-order valence-corrected chi connectivity index (χ4v) is 4.93. The number of para-hydroxylation sites is 1. The summed E-state index contributed by atoms with van der Waals surface area (Å²) in [5.41, 5.74) is 17.2. The van der Waals surface area contributed by atoms with Gasteiger partial charge in [-0.1, -0.05) is 18.2 Å². The third-order valence-corrected chi connectivity index (χ3v) is 6.97. The van der Waals surface area contributed by atoms with Crippen molar-refractivity contribution in [1.82, 2.24) is 10.2 Å². The van der Waals surface area contributed by atoms with Crippen LogP contribution in [0.2, 0.25) is 0 Å². The van der Waals surface area contributed by atoms with Gasteiger partial charge in [-0.2, -0.15) is 0 Å². The van der Waals surface area contributed by atoms with E-state index in [9.17, 15) is 19.5 Å². The fraction of sp³-hybridized carbons (Fsp3) is 0.296. The van der Waals surface area contributed by atoms with Gasteiger partial charge < -0.3 is 37.1 Å². The number of phenolic OH excluding ortho intramolecular Hbond substituents is 1. The molecule has 1 aliphatic heterocycles. The van der Waals surface area contributed by atoms with Gasteiger partial charge in [-0.3, -0.25) is 24.3 Å². The maximum absolute atomic E-state index is 13.7. The van der Waals surface area contributed by atoms with Gasteiger partial charge in [0, 0.05) is 6.54 Å². The maximum Gasteiger partial charge on any atom is 0.267 e. The molecule has 14 heteroatoms. The summed E-state index contributed by atoms with van der Waals surface area (Å²) < 4.78 is 10.4. The summed E-state index contributed by atoms with van der Waals surface area (Å²) in [5.74, 6) is -1.75. The molecule has 1 aliphatic rings. The van der Waals surface area contributed by atoms with Crippen molar-refractivity contribution < 1.29 is 29.0 Å². The number of guanidine groups is 1. The summed E-state index contributed by atoms with van der Waals surface area (Å²) in [5, 5.41) is 13.1. The van der Waals surface area contributed by atoms with Crippen molar-refractivity contribution >= 4 is 52.4 Å². The molecule has 2 aromatic rings. The number of hydrogen-bond donors (Lipinski definition) is 5. The lowest BCUT2D eigenvalue weighted by Crippen LogP contribution is -2.53. The van der Waals surface area contributed by atoms with E-state index in [1.807, 2.05) is 6.07 Å². The molecule has 0 spiro atoms. The number of nitrogens with one attached hydrogen (secondary N) is 1. The highest BCUT2D eigenvalue weighted by atomic mass is 32.2. The minimum absolute atomic E-state index is 0.0818. The number of aromatic hydroxyl groups is 1. The fourth-order valence-electron chi connectivity index (χ4n) is 3.87. The number of nitrogens with two attached hydrogens (primary N) is 3. The van der Waals surface area contributed by atoms with Crippen LogP contribution in [0.15, 0.2) is 57.4 Å². The summed E-state index contributed by atoms with van der Waals surface area (Å²) in [6.07, 6.45) is 2.18. The van der Waals surface area contributed by atoms with E-state index in [0.29, 0.717) is 17.7 Å². The average Bonchev–Trinajstić information content (AvgIpc) is 3.24. The van der Waals surface area contributed by atoms with Crippen LogP contribution in [0.1, 0.15) is 25.3 Å². The third-order valence-electron chi connectivity index (χ3n) is 5.99. The van der Waals surface area contributed by atoms with Crippen LogP contribution in [0, 0.1) is 0 Å². The number of thioether (sulfide) groups is 1. The van der Waals surface area contributed by atoms with Gasteiger partial charge in [-0.15, -0.1) is 0 Å². The molecule has 0 saturated carbocycles. The number of ether oxygens (including phenoxy) is 2. The second-order valence-electron chi connectivity index (χ2n) is 8.88. The quantitative estimate of drug-likeness (QED) is 0.106. The van der Waals surface area contributed by atoms with Crippen molar-refractivity contribution in [2.24, 2.45) is 27.2 Å². The van der Waals surface area contributed by atoms with Crippen LogP contribution < -0.4 is 32.0 Å². The molecule has 1 heterocycles. The number of rotatable bonds is 12. The number of carbonyl (C=O) groups is 3. The molecule has 41 heavy (non-hydrogen) atoms. The smallest absolute Gasteiger partial charge is 0.267 e. The SMILES string of the molecule is COc1cc(/C=C2\SC(=Nc3ccccc3)N([C@H](C)C(=O)N[C@@H](CCCN=C(N)N)C(N)=O)C2=O)cc(OC)c1O. The van der Waals surface area contributed by atoms with Crippen LogP contribution in [0.5, 0.6) is 17.2 Å². The average molecular weight is 584 g/mol. The van der Waals surface area contributed by atoms with Crippen LogP contribution in [-0.2, 0) is 14.4 Å². The van der Waals surface area contributed by atoms with Crippen molar-refractivity contribution in [3.8, 4) is 17.2 Å². The molecule has 8 N–H and O–H groups in total. The van der Waals surface area contributed by atoms with E-state index in [1.165, 1.54) is 26.0 Å². The van der Waals surface area contributed by atoms with E-state index in [-0.39, 0.29) is 46.2 Å². The molecule has 0 aliphatic carbocycles. The van der Waals surface area contributed by atoms with Gasteiger partial charge in [0.2, 0.25) is 17.6 Å². The van der Waals surface area contributed by atoms with Crippen LogP contribution in [0.3, 0.4) is 0 Å². The second-order valence-corrected chi connectivity index (χ2v) is 9.89. The zero-order valence-corrected chi connectivity index (χ0v) is 23.7. The topological polar surface area (TPSA) is 208 Å². The minimum atomic E-state index is -1.05. The molecule has 2 atom stereocenters. The van der Waals surface area contributed by atoms with Crippen molar-refractivity contribution in [1.29, 1.82) is 0 Å². The zero-order valence-electron chi connectivity index (χ0n) is 22.9. The van der Waals surface area contributed by atoms with Gasteiger partial charge >= 0.3 is 0 Å². The molecule has 1 fully saturated rings. The first kappa shape index (κ1) is 30.8. The first-order valence-electron chi connectivity index (χ1n) is 12.5. The predicted molar refractivity (Wildman–Crippen MR) is 158 cm³/mol. The van der Waals surface area contributed by atoms with E-state index >= 15 is 0 Å². The molecule has 218 valence electrons. The molecular formula is C27H33N7O6S. The van der Waals surface area contributed by atoms with Gasteiger partial charge in [-0.05, 0) is 67.4 Å². The summed E-state index contributed by atoms with van der Waals surface area (Å²) >= 11 is 1.07. The number of nitrogens with zero attached hydrogens (tertiary/aromatic N) is 3. The Morgan fingerprint density at radius 2 is 1.76 bits per heavy atom. The second kappa shape index (κ2) is 14.1. The molecule has 0 radical (unpaired) electrons. The minimum Gasteiger partial charge on any atom is -0.502 e.